The van der Waals surface area contributed by atoms with Crippen LogP contribution in [0.15, 0.2) is 66.2 Å². The fourth-order valence-corrected chi connectivity index (χ4v) is 5.34. The van der Waals surface area contributed by atoms with E-state index in [1.165, 1.54) is 17.0 Å². The van der Waals surface area contributed by atoms with Crippen molar-refractivity contribution in [3.8, 4) is 11.1 Å². The van der Waals surface area contributed by atoms with Crippen LogP contribution in [0.3, 0.4) is 0 Å². The van der Waals surface area contributed by atoms with Crippen LogP contribution in [0, 0.1) is 5.82 Å². The van der Waals surface area contributed by atoms with Gasteiger partial charge >= 0.3 is 6.03 Å². The normalized spacial score (nSPS) is 19.4. The minimum atomic E-state index is -1.45. The molecule has 3 aromatic carbocycles. The SMILES string of the molecule is O=C1NC(=O)[C@](CN2Cc3ccc(F)cc3C2=O)(c2ccc(-c3ccc4ncsc4c3)cc2)N1. The molecule has 0 saturated carbocycles. The highest BCUT2D eigenvalue weighted by Crippen LogP contribution is 2.33. The van der Waals surface area contributed by atoms with Crippen LogP contribution in [0.5, 0.6) is 0 Å². The fourth-order valence-electron chi connectivity index (χ4n) is 4.63. The first-order chi connectivity index (χ1) is 16.4. The maximum Gasteiger partial charge on any atom is 0.322 e. The largest absolute Gasteiger partial charge is 0.331 e. The molecule has 2 aliphatic rings. The van der Waals surface area contributed by atoms with Crippen molar-refractivity contribution < 1.29 is 18.8 Å². The average Bonchev–Trinajstić information content (AvgIpc) is 3.50. The number of amides is 4. The number of fused-ring (bicyclic) bond motifs is 2. The van der Waals surface area contributed by atoms with Gasteiger partial charge in [0.05, 0.1) is 22.3 Å². The monoisotopic (exact) mass is 472 g/mol. The first-order valence-electron chi connectivity index (χ1n) is 10.6. The van der Waals surface area contributed by atoms with E-state index in [0.29, 0.717) is 11.1 Å². The Labute approximate surface area is 197 Å². The van der Waals surface area contributed by atoms with Crippen molar-refractivity contribution in [1.29, 1.82) is 0 Å². The number of hydrogen-bond donors (Lipinski definition) is 2. The standard InChI is InChI=1S/C25H17FN4O3S/c26-18-7-3-16-11-30(22(31)19(16)10-18)12-25(23(32)28-24(33)29-25)17-5-1-14(2-6-17)15-4-8-20-21(9-15)34-13-27-20/h1-10,13H,11-12H2,(H2,28,29,32,33)/t25-/m0/s1. The maximum absolute atomic E-state index is 13.7. The highest BCUT2D eigenvalue weighted by molar-refractivity contribution is 7.16. The van der Waals surface area contributed by atoms with Crippen LogP contribution in [0.2, 0.25) is 0 Å². The molecule has 2 aliphatic heterocycles. The number of carbonyl (C=O) groups excluding carboxylic acids is 3. The molecule has 3 heterocycles. The third-order valence-electron chi connectivity index (χ3n) is 6.36. The number of carbonyl (C=O) groups is 3. The molecule has 6 rings (SSSR count). The van der Waals surface area contributed by atoms with Gasteiger partial charge in [0.25, 0.3) is 11.8 Å². The number of thiazole rings is 1. The highest BCUT2D eigenvalue weighted by Gasteiger charge is 2.50. The lowest BCUT2D eigenvalue weighted by Gasteiger charge is -2.31. The van der Waals surface area contributed by atoms with Gasteiger partial charge in [0.1, 0.15) is 5.82 Å². The second-order valence-electron chi connectivity index (χ2n) is 8.39. The predicted octanol–water partition coefficient (Wildman–Crippen LogP) is 3.79. The Bertz CT molecular complexity index is 1500. The molecule has 0 unspecified atom stereocenters. The van der Waals surface area contributed by atoms with Gasteiger partial charge in [0, 0.05) is 12.1 Å². The van der Waals surface area contributed by atoms with Gasteiger partial charge in [-0.2, -0.15) is 0 Å². The molecular formula is C25H17FN4O3S. The molecule has 1 aromatic heterocycles. The number of halogens is 1. The van der Waals surface area contributed by atoms with Gasteiger partial charge in [-0.05, 0) is 46.5 Å². The molecule has 9 heteroatoms. The van der Waals surface area contributed by atoms with Crippen LogP contribution >= 0.6 is 11.3 Å². The number of nitrogens with one attached hydrogen (secondary N) is 2. The summed E-state index contributed by atoms with van der Waals surface area (Å²) in [6.07, 6.45) is 0. The van der Waals surface area contributed by atoms with Crippen molar-refractivity contribution in [2.24, 2.45) is 0 Å². The number of benzene rings is 3. The third kappa shape index (κ3) is 3.16. The number of hydrogen-bond acceptors (Lipinski definition) is 5. The fraction of sp³-hybridized carbons (Fsp3) is 0.120. The molecule has 2 N–H and O–H groups in total. The minimum absolute atomic E-state index is 0.0775. The van der Waals surface area contributed by atoms with E-state index in [1.807, 2.05) is 24.3 Å². The number of aromatic nitrogens is 1. The molecule has 0 spiro atoms. The van der Waals surface area contributed by atoms with Gasteiger partial charge in [-0.3, -0.25) is 14.9 Å². The van der Waals surface area contributed by atoms with E-state index in [1.54, 1.807) is 35.0 Å². The molecule has 4 amide bonds. The second-order valence-corrected chi connectivity index (χ2v) is 9.27. The maximum atomic E-state index is 13.7. The Morgan fingerprint density at radius 2 is 1.79 bits per heavy atom. The number of imide groups is 1. The van der Waals surface area contributed by atoms with E-state index in [0.717, 1.165) is 21.3 Å². The number of rotatable bonds is 4. The zero-order chi connectivity index (χ0) is 23.4. The lowest BCUT2D eigenvalue weighted by Crippen LogP contribution is -2.52. The summed E-state index contributed by atoms with van der Waals surface area (Å²) in [6, 6.07) is 16.8. The van der Waals surface area contributed by atoms with E-state index in [9.17, 15) is 18.8 Å². The van der Waals surface area contributed by atoms with Crippen LogP contribution in [0.4, 0.5) is 9.18 Å². The van der Waals surface area contributed by atoms with Gasteiger partial charge < -0.3 is 10.2 Å². The second kappa shape index (κ2) is 7.46. The lowest BCUT2D eigenvalue weighted by molar-refractivity contribution is -0.124. The Morgan fingerprint density at radius 3 is 2.56 bits per heavy atom. The lowest BCUT2D eigenvalue weighted by atomic mass is 9.88. The molecule has 0 bridgehead atoms. The van der Waals surface area contributed by atoms with Gasteiger partial charge in [-0.1, -0.05) is 36.4 Å². The quantitative estimate of drug-likeness (QED) is 0.442. The van der Waals surface area contributed by atoms with Crippen LogP contribution in [-0.2, 0) is 16.9 Å². The number of nitrogens with zero attached hydrogens (tertiary/aromatic N) is 2. The van der Waals surface area contributed by atoms with Gasteiger partial charge in [-0.25, -0.2) is 14.2 Å². The van der Waals surface area contributed by atoms with Gasteiger partial charge in [0.15, 0.2) is 5.54 Å². The summed E-state index contributed by atoms with van der Waals surface area (Å²) in [5.41, 5.74) is 4.74. The molecule has 34 heavy (non-hydrogen) atoms. The van der Waals surface area contributed by atoms with E-state index in [-0.39, 0.29) is 24.6 Å². The Balaban J connectivity index is 1.34. The van der Waals surface area contributed by atoms with E-state index in [4.69, 9.17) is 0 Å². The summed E-state index contributed by atoms with van der Waals surface area (Å²) in [5.74, 6) is -1.41. The van der Waals surface area contributed by atoms with Crippen LogP contribution in [-0.4, -0.2) is 34.3 Å². The molecule has 168 valence electrons. The minimum Gasteiger partial charge on any atom is -0.331 e. The Kier molecular flexibility index (Phi) is 4.50. The molecular weight excluding hydrogens is 455 g/mol. The first kappa shape index (κ1) is 20.5. The van der Waals surface area contributed by atoms with Crippen LogP contribution < -0.4 is 10.6 Å². The number of urea groups is 1. The Morgan fingerprint density at radius 1 is 1.00 bits per heavy atom. The van der Waals surface area contributed by atoms with E-state index < -0.39 is 23.3 Å². The Hall–Kier alpha value is -4.11. The zero-order valence-electron chi connectivity index (χ0n) is 17.7. The summed E-state index contributed by atoms with van der Waals surface area (Å²) in [5, 5.41) is 5.02. The molecule has 7 nitrogen and oxygen atoms in total. The topological polar surface area (TPSA) is 91.4 Å². The molecule has 0 radical (unpaired) electrons. The van der Waals surface area contributed by atoms with E-state index in [2.05, 4.69) is 21.7 Å². The van der Waals surface area contributed by atoms with Crippen molar-refractivity contribution in [1.82, 2.24) is 20.5 Å². The molecule has 0 aliphatic carbocycles. The average molecular weight is 473 g/mol. The van der Waals surface area contributed by atoms with Crippen LogP contribution in [0.25, 0.3) is 21.3 Å². The first-order valence-corrected chi connectivity index (χ1v) is 11.5. The van der Waals surface area contributed by atoms with E-state index >= 15 is 0 Å². The van der Waals surface area contributed by atoms with Crippen molar-refractivity contribution in [2.75, 3.05) is 6.54 Å². The van der Waals surface area contributed by atoms with Crippen molar-refractivity contribution in [2.45, 2.75) is 12.1 Å². The smallest absolute Gasteiger partial charge is 0.322 e. The predicted molar refractivity (Wildman–Crippen MR) is 125 cm³/mol. The molecule has 1 fully saturated rings. The van der Waals surface area contributed by atoms with Gasteiger partial charge in [0.2, 0.25) is 0 Å². The highest BCUT2D eigenvalue weighted by atomic mass is 32.1. The van der Waals surface area contributed by atoms with Crippen LogP contribution in [0.1, 0.15) is 21.5 Å². The zero-order valence-corrected chi connectivity index (χ0v) is 18.5. The van der Waals surface area contributed by atoms with Gasteiger partial charge in [-0.15, -0.1) is 11.3 Å². The summed E-state index contributed by atoms with van der Waals surface area (Å²) in [4.78, 5) is 43.8. The molecule has 1 saturated heterocycles. The molecule has 4 aromatic rings. The molecule has 1 atom stereocenters. The summed E-state index contributed by atoms with van der Waals surface area (Å²) in [6.45, 7) is 0.151. The summed E-state index contributed by atoms with van der Waals surface area (Å²) >= 11 is 1.56. The summed E-state index contributed by atoms with van der Waals surface area (Å²) < 4.78 is 14.7. The van der Waals surface area contributed by atoms with Crippen molar-refractivity contribution >= 4 is 39.4 Å². The summed E-state index contributed by atoms with van der Waals surface area (Å²) in [7, 11) is 0. The van der Waals surface area contributed by atoms with Crippen molar-refractivity contribution in [3.05, 3.63) is 88.7 Å². The van der Waals surface area contributed by atoms with Crippen molar-refractivity contribution in [3.63, 3.8) is 0 Å². The third-order valence-corrected chi connectivity index (χ3v) is 7.15.